The van der Waals surface area contributed by atoms with Crippen LogP contribution in [0.25, 0.3) is 0 Å². The van der Waals surface area contributed by atoms with Gasteiger partial charge in [-0.1, -0.05) is 53.2 Å². The number of oxime groups is 1. The number of halogens is 1. The van der Waals surface area contributed by atoms with E-state index in [2.05, 4.69) is 29.4 Å². The van der Waals surface area contributed by atoms with Crippen LogP contribution in [0.15, 0.2) is 47.6 Å². The second kappa shape index (κ2) is 9.27. The number of nitrogens with zero attached hydrogens (tertiary/aromatic N) is 1. The molecule has 2 aromatic rings. The Hall–Kier alpha value is -1.96. The van der Waals surface area contributed by atoms with Crippen LogP contribution in [0, 0.1) is 0 Å². The fraction of sp³-hybridized carbons (Fsp3) is 0.458. The largest absolute Gasteiger partial charge is 0.399 e. The standard InChI is InChI=1S/C24H28ClNO5/c1-30-26-14-24(8-9-24)18-5-2-15(3-6-18)10-17-11-16(4-7-19(17)25)21-12-20(28)23(29)22(13-27)31-21/h2-7,11,14,20-23,27-29H,8-10,12-13H2,1H3/b26-14-/t20?,21?,22?,23-/m0/s1. The van der Waals surface area contributed by atoms with Crippen LogP contribution in [0.4, 0.5) is 0 Å². The van der Waals surface area contributed by atoms with Gasteiger partial charge in [-0.15, -0.1) is 0 Å². The molecule has 1 saturated heterocycles. The molecule has 2 fully saturated rings. The number of rotatable bonds is 7. The summed E-state index contributed by atoms with van der Waals surface area (Å²) in [7, 11) is 1.55. The van der Waals surface area contributed by atoms with Crippen LogP contribution in [-0.2, 0) is 21.4 Å². The van der Waals surface area contributed by atoms with Gasteiger partial charge in [-0.2, -0.15) is 0 Å². The molecule has 3 unspecified atom stereocenters. The normalized spacial score (nSPS) is 27.4. The van der Waals surface area contributed by atoms with E-state index < -0.39 is 24.4 Å². The summed E-state index contributed by atoms with van der Waals surface area (Å²) < 4.78 is 5.82. The maximum Gasteiger partial charge on any atom is 0.110 e. The molecule has 0 aromatic heterocycles. The van der Waals surface area contributed by atoms with Crippen LogP contribution < -0.4 is 0 Å². The minimum absolute atomic E-state index is 0.000922. The van der Waals surface area contributed by atoms with E-state index in [1.165, 1.54) is 5.56 Å². The van der Waals surface area contributed by atoms with E-state index in [9.17, 15) is 15.3 Å². The fourth-order valence-electron chi connectivity index (χ4n) is 4.20. The molecule has 31 heavy (non-hydrogen) atoms. The van der Waals surface area contributed by atoms with E-state index in [0.717, 1.165) is 29.5 Å². The van der Waals surface area contributed by atoms with Gasteiger partial charge < -0.3 is 24.9 Å². The maximum atomic E-state index is 10.1. The summed E-state index contributed by atoms with van der Waals surface area (Å²) in [5, 5.41) is 34.1. The van der Waals surface area contributed by atoms with Crippen molar-refractivity contribution in [1.29, 1.82) is 0 Å². The third kappa shape index (κ3) is 4.78. The summed E-state index contributed by atoms with van der Waals surface area (Å²) in [6.07, 6.45) is 1.70. The summed E-state index contributed by atoms with van der Waals surface area (Å²) in [5.41, 5.74) is 4.19. The Morgan fingerprint density at radius 2 is 1.94 bits per heavy atom. The van der Waals surface area contributed by atoms with Crippen molar-refractivity contribution in [1.82, 2.24) is 0 Å². The highest BCUT2D eigenvalue weighted by Crippen LogP contribution is 2.46. The lowest BCUT2D eigenvalue weighted by molar-refractivity contribution is -0.181. The topological polar surface area (TPSA) is 91.5 Å². The van der Waals surface area contributed by atoms with Gasteiger partial charge in [-0.05, 0) is 47.6 Å². The van der Waals surface area contributed by atoms with Crippen molar-refractivity contribution in [2.24, 2.45) is 5.16 Å². The van der Waals surface area contributed by atoms with E-state index in [-0.39, 0.29) is 18.4 Å². The molecule has 166 valence electrons. The first-order valence-electron chi connectivity index (χ1n) is 10.5. The SMILES string of the molecule is CO/N=C\C1(c2ccc(Cc3cc(C4CC(O)[C@H](O)C(CO)O4)ccc3Cl)cc2)CC1. The molecule has 2 aliphatic rings. The molecule has 3 N–H and O–H groups in total. The maximum absolute atomic E-state index is 10.1. The quantitative estimate of drug-likeness (QED) is 0.450. The molecule has 1 aliphatic heterocycles. The number of hydrogen-bond acceptors (Lipinski definition) is 6. The van der Waals surface area contributed by atoms with Gasteiger partial charge in [0.2, 0.25) is 0 Å². The van der Waals surface area contributed by atoms with Crippen molar-refractivity contribution in [3.63, 3.8) is 0 Å². The molecule has 4 rings (SSSR count). The van der Waals surface area contributed by atoms with E-state index in [0.29, 0.717) is 11.4 Å². The van der Waals surface area contributed by atoms with Gasteiger partial charge in [0.15, 0.2) is 0 Å². The fourth-order valence-corrected chi connectivity index (χ4v) is 4.39. The molecule has 0 spiro atoms. The molecule has 1 saturated carbocycles. The third-order valence-electron chi connectivity index (χ3n) is 6.31. The molecule has 0 amide bonds. The lowest BCUT2D eigenvalue weighted by atomic mass is 9.92. The Morgan fingerprint density at radius 1 is 1.19 bits per heavy atom. The molecule has 7 heteroatoms. The Balaban J connectivity index is 1.50. The Morgan fingerprint density at radius 3 is 2.58 bits per heavy atom. The van der Waals surface area contributed by atoms with Crippen molar-refractivity contribution in [3.05, 3.63) is 69.7 Å². The number of benzene rings is 2. The smallest absolute Gasteiger partial charge is 0.110 e. The zero-order valence-corrected chi connectivity index (χ0v) is 18.2. The van der Waals surface area contributed by atoms with E-state index in [1.807, 2.05) is 24.4 Å². The Labute approximate surface area is 187 Å². The zero-order valence-electron chi connectivity index (χ0n) is 17.4. The van der Waals surface area contributed by atoms with Crippen molar-refractivity contribution in [3.8, 4) is 0 Å². The van der Waals surface area contributed by atoms with E-state index in [4.69, 9.17) is 21.2 Å². The molecular weight excluding hydrogens is 418 g/mol. The number of aliphatic hydroxyl groups is 3. The zero-order chi connectivity index (χ0) is 22.0. The lowest BCUT2D eigenvalue weighted by Crippen LogP contribution is -2.47. The van der Waals surface area contributed by atoms with Crippen LogP contribution in [0.2, 0.25) is 5.02 Å². The average Bonchev–Trinajstić information content (AvgIpc) is 3.57. The molecule has 4 atom stereocenters. The van der Waals surface area contributed by atoms with Gasteiger partial charge in [0.25, 0.3) is 0 Å². The van der Waals surface area contributed by atoms with Crippen LogP contribution >= 0.6 is 11.6 Å². The summed E-state index contributed by atoms with van der Waals surface area (Å²) in [5.74, 6) is 0. The summed E-state index contributed by atoms with van der Waals surface area (Å²) in [4.78, 5) is 4.84. The van der Waals surface area contributed by atoms with Crippen LogP contribution in [0.3, 0.4) is 0 Å². The molecule has 1 heterocycles. The highest BCUT2D eigenvalue weighted by Gasteiger charge is 2.43. The van der Waals surface area contributed by atoms with Crippen molar-refractivity contribution in [2.75, 3.05) is 13.7 Å². The minimum Gasteiger partial charge on any atom is -0.399 e. The van der Waals surface area contributed by atoms with Crippen molar-refractivity contribution >= 4 is 17.8 Å². The summed E-state index contributed by atoms with van der Waals surface area (Å²) in [6.45, 7) is -0.349. The van der Waals surface area contributed by atoms with Gasteiger partial charge in [0.05, 0.1) is 25.0 Å². The van der Waals surface area contributed by atoms with Crippen molar-refractivity contribution in [2.45, 2.75) is 55.5 Å². The van der Waals surface area contributed by atoms with Crippen molar-refractivity contribution < 1.29 is 24.9 Å². The van der Waals surface area contributed by atoms with Gasteiger partial charge in [0, 0.05) is 16.9 Å². The average molecular weight is 446 g/mol. The molecule has 0 radical (unpaired) electrons. The summed E-state index contributed by atoms with van der Waals surface area (Å²) in [6, 6.07) is 14.2. The Bertz CT molecular complexity index is 928. The third-order valence-corrected chi connectivity index (χ3v) is 6.68. The number of hydrogen-bond donors (Lipinski definition) is 3. The van der Waals surface area contributed by atoms with E-state index in [1.54, 1.807) is 7.11 Å². The van der Waals surface area contributed by atoms with E-state index >= 15 is 0 Å². The first-order chi connectivity index (χ1) is 15.0. The van der Waals surface area contributed by atoms with Gasteiger partial charge >= 0.3 is 0 Å². The highest BCUT2D eigenvalue weighted by atomic mass is 35.5. The lowest BCUT2D eigenvalue weighted by Gasteiger charge is -2.36. The first-order valence-corrected chi connectivity index (χ1v) is 10.9. The second-order valence-corrected chi connectivity index (χ2v) is 8.84. The van der Waals surface area contributed by atoms with Crippen LogP contribution in [-0.4, -0.2) is 53.6 Å². The highest BCUT2D eigenvalue weighted by molar-refractivity contribution is 6.31. The van der Waals surface area contributed by atoms with Crippen LogP contribution in [0.5, 0.6) is 0 Å². The van der Waals surface area contributed by atoms with Gasteiger partial charge in [0.1, 0.15) is 19.3 Å². The minimum atomic E-state index is -1.09. The second-order valence-electron chi connectivity index (χ2n) is 8.44. The number of ether oxygens (including phenoxy) is 1. The van der Waals surface area contributed by atoms with Crippen LogP contribution in [0.1, 0.15) is 47.6 Å². The van der Waals surface area contributed by atoms with Gasteiger partial charge in [-0.3, -0.25) is 0 Å². The monoisotopic (exact) mass is 445 g/mol. The molecule has 6 nitrogen and oxygen atoms in total. The summed E-state index contributed by atoms with van der Waals surface area (Å²) >= 11 is 6.46. The number of aliphatic hydroxyl groups excluding tert-OH is 3. The molecule has 1 aliphatic carbocycles. The van der Waals surface area contributed by atoms with Gasteiger partial charge in [-0.25, -0.2) is 0 Å². The molecular formula is C24H28ClNO5. The molecule has 2 aromatic carbocycles. The predicted octanol–water partition coefficient (Wildman–Crippen LogP) is 3.14. The molecule has 0 bridgehead atoms. The Kier molecular flexibility index (Phi) is 6.65. The predicted molar refractivity (Wildman–Crippen MR) is 118 cm³/mol. The first kappa shape index (κ1) is 22.2.